The molecule has 1 aliphatic heterocycles. The first-order chi connectivity index (χ1) is 17.1. The van der Waals surface area contributed by atoms with Gasteiger partial charge in [0.15, 0.2) is 0 Å². The van der Waals surface area contributed by atoms with Crippen LogP contribution in [-0.2, 0) is 0 Å². The number of benzene rings is 1. The first kappa shape index (κ1) is 26.1. The third kappa shape index (κ3) is 5.26. The second-order valence-corrected chi connectivity index (χ2v) is 11.0. The average Bonchev–Trinajstić information content (AvgIpc) is 2.86. The Morgan fingerprint density at radius 3 is 2.56 bits per heavy atom. The number of nitrogens with one attached hydrogen (secondary N) is 1. The molecule has 0 aromatic heterocycles. The minimum absolute atomic E-state index is 0.0209. The molecule has 0 spiro atoms. The molecule has 1 saturated carbocycles. The molecule has 3 aliphatic carbocycles. The number of aryl methyl sites for hydroxylation is 1. The molecule has 2 fully saturated rings. The Labute approximate surface area is 213 Å². The molecule has 36 heavy (non-hydrogen) atoms. The molecule has 9 nitrogen and oxygen atoms in total. The third-order valence-electron chi connectivity index (χ3n) is 8.57. The number of nitro groups is 1. The van der Waals surface area contributed by atoms with Crippen LogP contribution < -0.4 is 5.32 Å². The number of carbonyl (C=O) groups excluding carboxylic acids is 2. The number of hydrogen-bond donors (Lipinski definition) is 1. The average molecular weight is 498 g/mol. The van der Waals surface area contributed by atoms with Gasteiger partial charge in [0.2, 0.25) is 0 Å². The second kappa shape index (κ2) is 10.6. The van der Waals surface area contributed by atoms with Crippen molar-refractivity contribution >= 4 is 17.6 Å². The molecule has 1 aromatic rings. The van der Waals surface area contributed by atoms with Gasteiger partial charge in [0, 0.05) is 69.6 Å². The zero-order chi connectivity index (χ0) is 26.0. The first-order valence-electron chi connectivity index (χ1n) is 13.1. The van der Waals surface area contributed by atoms with Crippen molar-refractivity contribution in [3.63, 3.8) is 0 Å². The summed E-state index contributed by atoms with van der Waals surface area (Å²) in [5.74, 6) is 1.17. The van der Waals surface area contributed by atoms with Crippen molar-refractivity contribution in [3.8, 4) is 0 Å². The van der Waals surface area contributed by atoms with E-state index in [1.54, 1.807) is 24.0 Å². The lowest BCUT2D eigenvalue weighted by atomic mass is 9.49. The van der Waals surface area contributed by atoms with E-state index in [4.69, 9.17) is 0 Å². The van der Waals surface area contributed by atoms with Gasteiger partial charge in [-0.25, -0.2) is 4.79 Å². The van der Waals surface area contributed by atoms with Crippen LogP contribution in [0.15, 0.2) is 29.8 Å². The largest absolute Gasteiger partial charge is 0.338 e. The fourth-order valence-corrected chi connectivity index (χ4v) is 5.95. The summed E-state index contributed by atoms with van der Waals surface area (Å²) in [6.45, 7) is 13.5. The quantitative estimate of drug-likeness (QED) is 0.336. The molecule has 3 amide bonds. The highest BCUT2D eigenvalue weighted by atomic mass is 16.6. The summed E-state index contributed by atoms with van der Waals surface area (Å²) >= 11 is 0. The minimum atomic E-state index is -0.446. The second-order valence-electron chi connectivity index (χ2n) is 11.0. The van der Waals surface area contributed by atoms with Gasteiger partial charge < -0.3 is 15.1 Å². The van der Waals surface area contributed by atoms with Crippen molar-refractivity contribution in [2.24, 2.45) is 17.3 Å². The highest BCUT2D eigenvalue weighted by molar-refractivity contribution is 5.95. The summed E-state index contributed by atoms with van der Waals surface area (Å²) in [5, 5.41) is 14.2. The maximum atomic E-state index is 12.9. The van der Waals surface area contributed by atoms with E-state index in [1.807, 2.05) is 11.8 Å². The van der Waals surface area contributed by atoms with E-state index in [9.17, 15) is 19.7 Å². The van der Waals surface area contributed by atoms with Gasteiger partial charge >= 0.3 is 6.03 Å². The number of nitro benzene ring substituents is 1. The summed E-state index contributed by atoms with van der Waals surface area (Å²) in [6, 6.07) is 4.64. The molecular formula is C27H39N5O4. The standard InChI is InChI=1S/C27H39N5O4/c1-5-28-26(34)31(18-21-8-9-22-17-23(21)27(22,3)4)15-12-29-10-13-30(14-11-29)25(33)20-7-6-19(2)24(16-20)32(35)36/h6-8,16,22-23H,5,9-15,17-18H2,1-4H3,(H,28,34). The summed E-state index contributed by atoms with van der Waals surface area (Å²) in [7, 11) is 0. The van der Waals surface area contributed by atoms with Crippen LogP contribution >= 0.6 is 0 Å². The molecule has 1 N–H and O–H groups in total. The smallest absolute Gasteiger partial charge is 0.317 e. The first-order valence-corrected chi connectivity index (χ1v) is 13.1. The summed E-state index contributed by atoms with van der Waals surface area (Å²) < 4.78 is 0. The molecule has 1 heterocycles. The Morgan fingerprint density at radius 1 is 1.22 bits per heavy atom. The van der Waals surface area contributed by atoms with Crippen LogP contribution in [0.5, 0.6) is 0 Å². The number of amides is 3. The fraction of sp³-hybridized carbons (Fsp3) is 0.630. The molecule has 2 bridgehead atoms. The Hall–Kier alpha value is -2.94. The summed E-state index contributed by atoms with van der Waals surface area (Å²) in [6.07, 6.45) is 4.71. The van der Waals surface area contributed by atoms with Crippen LogP contribution in [0.25, 0.3) is 0 Å². The predicted octanol–water partition coefficient (Wildman–Crippen LogP) is 3.68. The maximum absolute atomic E-state index is 12.9. The van der Waals surface area contributed by atoms with Gasteiger partial charge in [-0.2, -0.15) is 0 Å². The van der Waals surface area contributed by atoms with E-state index in [0.29, 0.717) is 68.3 Å². The Balaban J connectivity index is 1.31. The van der Waals surface area contributed by atoms with Crippen molar-refractivity contribution in [2.75, 3.05) is 52.4 Å². The number of urea groups is 1. The van der Waals surface area contributed by atoms with E-state index in [1.165, 1.54) is 18.1 Å². The number of allylic oxidation sites excluding steroid dienone is 1. The van der Waals surface area contributed by atoms with Gasteiger partial charge in [-0.1, -0.05) is 31.6 Å². The van der Waals surface area contributed by atoms with Gasteiger partial charge in [-0.05, 0) is 50.0 Å². The van der Waals surface area contributed by atoms with Crippen LogP contribution in [0.1, 0.15) is 49.5 Å². The van der Waals surface area contributed by atoms with Crippen LogP contribution in [-0.4, -0.2) is 83.9 Å². The highest BCUT2D eigenvalue weighted by Crippen LogP contribution is 2.59. The van der Waals surface area contributed by atoms with E-state index in [-0.39, 0.29) is 17.6 Å². The number of nitrogens with zero attached hydrogens (tertiary/aromatic N) is 4. The SMILES string of the molecule is CCNC(=O)N(CCN1CCN(C(=O)c2ccc(C)c([N+](=O)[O-])c2)CC1)CC1=CCC2CC1C2(C)C. The van der Waals surface area contributed by atoms with Crippen molar-refractivity contribution < 1.29 is 14.5 Å². The van der Waals surface area contributed by atoms with Gasteiger partial charge in [0.25, 0.3) is 11.6 Å². The molecule has 9 heteroatoms. The number of fused-ring (bicyclic) bond motifs is 1. The van der Waals surface area contributed by atoms with Gasteiger partial charge in [0.1, 0.15) is 0 Å². The molecule has 2 unspecified atom stereocenters. The number of rotatable bonds is 8. The van der Waals surface area contributed by atoms with Crippen molar-refractivity contribution in [1.82, 2.24) is 20.0 Å². The molecular weight excluding hydrogens is 458 g/mol. The van der Waals surface area contributed by atoms with Crippen molar-refractivity contribution in [3.05, 3.63) is 51.1 Å². The van der Waals surface area contributed by atoms with E-state index in [2.05, 4.69) is 30.1 Å². The van der Waals surface area contributed by atoms with Crippen LogP contribution in [0.4, 0.5) is 10.5 Å². The number of hydrogen-bond acceptors (Lipinski definition) is 5. The topological polar surface area (TPSA) is 99.0 Å². The molecule has 0 radical (unpaired) electrons. The molecule has 1 aromatic carbocycles. The van der Waals surface area contributed by atoms with Gasteiger partial charge in [-0.3, -0.25) is 19.8 Å². The lowest BCUT2D eigenvalue weighted by Crippen LogP contribution is -2.53. The monoisotopic (exact) mass is 497 g/mol. The highest BCUT2D eigenvalue weighted by Gasteiger charge is 2.51. The fourth-order valence-electron chi connectivity index (χ4n) is 5.95. The normalized spacial score (nSPS) is 22.9. The Bertz CT molecular complexity index is 1040. The van der Waals surface area contributed by atoms with Crippen molar-refractivity contribution in [1.29, 1.82) is 0 Å². The molecule has 4 aliphatic rings. The number of carbonyl (C=O) groups is 2. The zero-order valence-corrected chi connectivity index (χ0v) is 22.0. The van der Waals surface area contributed by atoms with E-state index in [0.717, 1.165) is 18.9 Å². The molecule has 196 valence electrons. The summed E-state index contributed by atoms with van der Waals surface area (Å²) in [5.41, 5.74) is 2.60. The zero-order valence-electron chi connectivity index (χ0n) is 22.0. The van der Waals surface area contributed by atoms with Crippen molar-refractivity contribution in [2.45, 2.75) is 40.5 Å². The van der Waals surface area contributed by atoms with Crippen LogP contribution in [0.2, 0.25) is 0 Å². The lowest BCUT2D eigenvalue weighted by molar-refractivity contribution is -0.385. The third-order valence-corrected chi connectivity index (χ3v) is 8.57. The molecule has 5 rings (SSSR count). The van der Waals surface area contributed by atoms with E-state index < -0.39 is 4.92 Å². The predicted molar refractivity (Wildman–Crippen MR) is 139 cm³/mol. The van der Waals surface area contributed by atoms with Gasteiger partial charge in [0.05, 0.1) is 4.92 Å². The Morgan fingerprint density at radius 2 is 1.94 bits per heavy atom. The molecule has 2 atom stereocenters. The van der Waals surface area contributed by atoms with Crippen LogP contribution in [0, 0.1) is 34.3 Å². The van der Waals surface area contributed by atoms with E-state index >= 15 is 0 Å². The maximum Gasteiger partial charge on any atom is 0.317 e. The van der Waals surface area contributed by atoms with Gasteiger partial charge in [-0.15, -0.1) is 0 Å². The lowest BCUT2D eigenvalue weighted by Gasteiger charge is -2.57. The summed E-state index contributed by atoms with van der Waals surface area (Å²) in [4.78, 5) is 42.6. The Kier molecular flexibility index (Phi) is 7.68. The number of piperazine rings is 1. The van der Waals surface area contributed by atoms with Crippen LogP contribution in [0.3, 0.4) is 0 Å². The molecule has 1 saturated heterocycles. The minimum Gasteiger partial charge on any atom is -0.338 e.